The summed E-state index contributed by atoms with van der Waals surface area (Å²) in [5.41, 5.74) is 3.03. The lowest BCUT2D eigenvalue weighted by Gasteiger charge is -2.18. The van der Waals surface area contributed by atoms with Crippen LogP contribution in [0.5, 0.6) is 0 Å². The van der Waals surface area contributed by atoms with Crippen molar-refractivity contribution in [2.24, 2.45) is 4.99 Å². The zero-order valence-corrected chi connectivity index (χ0v) is 19.6. The summed E-state index contributed by atoms with van der Waals surface area (Å²) >= 11 is 0. The van der Waals surface area contributed by atoms with Gasteiger partial charge in [-0.2, -0.15) is 5.10 Å². The Balaban J connectivity index is 0.00000392. The number of carbonyl (C=O) groups is 1. The maximum Gasteiger partial charge on any atom is 0.241 e. The van der Waals surface area contributed by atoms with Crippen LogP contribution in [0.4, 0.5) is 0 Å². The van der Waals surface area contributed by atoms with Gasteiger partial charge >= 0.3 is 0 Å². The first-order chi connectivity index (χ1) is 12.9. The number of aryl methyl sites for hydroxylation is 1. The van der Waals surface area contributed by atoms with E-state index in [4.69, 9.17) is 0 Å². The van der Waals surface area contributed by atoms with E-state index >= 15 is 0 Å². The van der Waals surface area contributed by atoms with Gasteiger partial charge < -0.3 is 15.5 Å². The van der Waals surface area contributed by atoms with Gasteiger partial charge in [0.15, 0.2) is 5.96 Å². The highest BCUT2D eigenvalue weighted by molar-refractivity contribution is 14.0. The van der Waals surface area contributed by atoms with Crippen molar-refractivity contribution >= 4 is 35.8 Å². The summed E-state index contributed by atoms with van der Waals surface area (Å²) in [6.45, 7) is 6.85. The second-order valence-electron chi connectivity index (χ2n) is 6.79. The molecule has 1 heterocycles. The van der Waals surface area contributed by atoms with Gasteiger partial charge in [0.2, 0.25) is 5.91 Å². The molecule has 2 N–H and O–H groups in total. The standard InChI is InChI=1S/C20H30N6O.HI/c1-6-15(2)23-20(22-14-19(27)25(4)5)21-13-17-9-7-8-10-18(17)26-12-11-16(3)24-26;/h7-12,15H,6,13-14H2,1-5H3,(H2,21,22,23);1H. The predicted molar refractivity (Wildman–Crippen MR) is 124 cm³/mol. The smallest absolute Gasteiger partial charge is 0.241 e. The lowest BCUT2D eigenvalue weighted by atomic mass is 10.2. The van der Waals surface area contributed by atoms with Gasteiger partial charge in [-0.05, 0) is 38.0 Å². The van der Waals surface area contributed by atoms with E-state index in [0.29, 0.717) is 12.5 Å². The van der Waals surface area contributed by atoms with Crippen LogP contribution in [0.25, 0.3) is 5.69 Å². The maximum atomic E-state index is 11.9. The van der Waals surface area contributed by atoms with Crippen molar-refractivity contribution < 1.29 is 4.79 Å². The first-order valence-electron chi connectivity index (χ1n) is 9.26. The number of likely N-dealkylation sites (N-methyl/N-ethyl adjacent to an activating group) is 1. The SMILES string of the molecule is CCC(C)NC(=NCc1ccccc1-n1ccc(C)n1)NCC(=O)N(C)C.I. The van der Waals surface area contributed by atoms with E-state index in [2.05, 4.69) is 34.6 Å². The number of benzene rings is 1. The Morgan fingerprint density at radius 2 is 2.00 bits per heavy atom. The average Bonchev–Trinajstić information content (AvgIpc) is 3.09. The third-order valence-corrected chi connectivity index (χ3v) is 4.27. The molecule has 7 nitrogen and oxygen atoms in total. The van der Waals surface area contributed by atoms with E-state index in [9.17, 15) is 4.79 Å². The van der Waals surface area contributed by atoms with Crippen molar-refractivity contribution in [1.29, 1.82) is 0 Å². The molecule has 28 heavy (non-hydrogen) atoms. The fourth-order valence-electron chi connectivity index (χ4n) is 2.39. The van der Waals surface area contributed by atoms with Gasteiger partial charge in [-0.3, -0.25) is 4.79 Å². The second kappa shape index (κ2) is 11.7. The summed E-state index contributed by atoms with van der Waals surface area (Å²) in [7, 11) is 3.48. The molecule has 1 aromatic carbocycles. The van der Waals surface area contributed by atoms with Crippen molar-refractivity contribution in [3.63, 3.8) is 0 Å². The zero-order valence-electron chi connectivity index (χ0n) is 17.3. The molecule has 1 aromatic heterocycles. The van der Waals surface area contributed by atoms with Crippen LogP contribution in [0.2, 0.25) is 0 Å². The Kier molecular flexibility index (Phi) is 9.98. The molecule has 2 rings (SSSR count). The summed E-state index contributed by atoms with van der Waals surface area (Å²) in [6.07, 6.45) is 2.91. The number of nitrogens with one attached hydrogen (secondary N) is 2. The van der Waals surface area contributed by atoms with Crippen molar-refractivity contribution in [3.05, 3.63) is 47.8 Å². The van der Waals surface area contributed by atoms with Gasteiger partial charge in [0.05, 0.1) is 24.5 Å². The number of aromatic nitrogens is 2. The van der Waals surface area contributed by atoms with E-state index in [1.807, 2.05) is 48.1 Å². The Labute approximate surface area is 184 Å². The quantitative estimate of drug-likeness (QED) is 0.350. The molecule has 0 aliphatic rings. The highest BCUT2D eigenvalue weighted by atomic mass is 127. The number of rotatable bonds is 7. The summed E-state index contributed by atoms with van der Waals surface area (Å²) in [6, 6.07) is 10.3. The highest BCUT2D eigenvalue weighted by Gasteiger charge is 2.09. The molecular formula is C20H31IN6O. The molecule has 1 amide bonds. The fourth-order valence-corrected chi connectivity index (χ4v) is 2.39. The number of hydrogen-bond donors (Lipinski definition) is 2. The van der Waals surface area contributed by atoms with Gasteiger partial charge in [0.1, 0.15) is 0 Å². The largest absolute Gasteiger partial charge is 0.354 e. The predicted octanol–water partition coefficient (Wildman–Crippen LogP) is 2.72. The molecule has 154 valence electrons. The molecule has 2 aromatic rings. The molecule has 0 saturated carbocycles. The van der Waals surface area contributed by atoms with Gasteiger partial charge in [-0.15, -0.1) is 24.0 Å². The van der Waals surface area contributed by atoms with E-state index < -0.39 is 0 Å². The molecule has 1 atom stereocenters. The minimum Gasteiger partial charge on any atom is -0.354 e. The van der Waals surface area contributed by atoms with Gasteiger partial charge in [-0.1, -0.05) is 25.1 Å². The first kappa shape index (κ1) is 23.9. The zero-order chi connectivity index (χ0) is 19.8. The molecule has 0 aliphatic heterocycles. The number of aliphatic imine (C=N–C) groups is 1. The van der Waals surface area contributed by atoms with Crippen LogP contribution in [0.3, 0.4) is 0 Å². The number of para-hydroxylation sites is 1. The maximum absolute atomic E-state index is 11.9. The molecule has 8 heteroatoms. The summed E-state index contributed by atoms with van der Waals surface area (Å²) in [5, 5.41) is 11.0. The molecule has 0 aliphatic carbocycles. The number of carbonyl (C=O) groups excluding carboxylic acids is 1. The molecule has 0 radical (unpaired) electrons. The topological polar surface area (TPSA) is 74.5 Å². The van der Waals surface area contributed by atoms with Crippen molar-refractivity contribution in [1.82, 2.24) is 25.3 Å². The number of hydrogen-bond acceptors (Lipinski definition) is 3. The summed E-state index contributed by atoms with van der Waals surface area (Å²) < 4.78 is 1.87. The molecule has 1 unspecified atom stereocenters. The molecule has 0 saturated heterocycles. The fraction of sp³-hybridized carbons (Fsp3) is 0.450. The van der Waals surface area contributed by atoms with Gasteiger partial charge in [0.25, 0.3) is 0 Å². The van der Waals surface area contributed by atoms with Crippen LogP contribution in [0, 0.1) is 6.92 Å². The van der Waals surface area contributed by atoms with Crippen LogP contribution in [-0.2, 0) is 11.3 Å². The van der Waals surface area contributed by atoms with Crippen LogP contribution in [0.15, 0.2) is 41.5 Å². The number of halogens is 1. The normalized spacial score (nSPS) is 12.1. The van der Waals surface area contributed by atoms with Crippen molar-refractivity contribution in [2.75, 3.05) is 20.6 Å². The Morgan fingerprint density at radius 1 is 1.29 bits per heavy atom. The van der Waals surface area contributed by atoms with Crippen LogP contribution in [-0.4, -0.2) is 53.2 Å². The Bertz CT molecular complexity index is 787. The minimum atomic E-state index is 0. The summed E-state index contributed by atoms with van der Waals surface area (Å²) in [4.78, 5) is 18.1. The van der Waals surface area contributed by atoms with Crippen LogP contribution < -0.4 is 10.6 Å². The Morgan fingerprint density at radius 3 is 2.61 bits per heavy atom. The van der Waals surface area contributed by atoms with Crippen molar-refractivity contribution in [2.45, 2.75) is 39.8 Å². The summed E-state index contributed by atoms with van der Waals surface area (Å²) in [5.74, 6) is 0.632. The molecule has 0 fully saturated rings. The van der Waals surface area contributed by atoms with E-state index in [0.717, 1.165) is 23.4 Å². The van der Waals surface area contributed by atoms with Crippen LogP contribution >= 0.6 is 24.0 Å². The first-order valence-corrected chi connectivity index (χ1v) is 9.26. The lowest BCUT2D eigenvalue weighted by Crippen LogP contribution is -2.45. The number of amides is 1. The number of nitrogens with zero attached hydrogens (tertiary/aromatic N) is 4. The lowest BCUT2D eigenvalue weighted by molar-refractivity contribution is -0.127. The second-order valence-corrected chi connectivity index (χ2v) is 6.79. The number of guanidine groups is 1. The van der Waals surface area contributed by atoms with Crippen molar-refractivity contribution in [3.8, 4) is 5.69 Å². The third-order valence-electron chi connectivity index (χ3n) is 4.27. The van der Waals surface area contributed by atoms with E-state index in [1.54, 1.807) is 19.0 Å². The molecule has 0 spiro atoms. The average molecular weight is 498 g/mol. The highest BCUT2D eigenvalue weighted by Crippen LogP contribution is 2.15. The monoisotopic (exact) mass is 498 g/mol. The Hall–Kier alpha value is -2.10. The van der Waals surface area contributed by atoms with Gasteiger partial charge in [0, 0.05) is 26.3 Å². The van der Waals surface area contributed by atoms with Crippen LogP contribution in [0.1, 0.15) is 31.5 Å². The molecule has 0 bridgehead atoms. The third kappa shape index (κ3) is 7.14. The van der Waals surface area contributed by atoms with Gasteiger partial charge in [-0.25, -0.2) is 9.67 Å². The minimum absolute atomic E-state index is 0. The van der Waals surface area contributed by atoms with E-state index in [1.165, 1.54) is 0 Å². The van der Waals surface area contributed by atoms with E-state index in [-0.39, 0.29) is 42.5 Å². The molecular weight excluding hydrogens is 467 g/mol.